The number of nitrogens with zero attached hydrogens (tertiary/aromatic N) is 4. The summed E-state index contributed by atoms with van der Waals surface area (Å²) < 4.78 is 0. The summed E-state index contributed by atoms with van der Waals surface area (Å²) in [7, 11) is 0. The van der Waals surface area contributed by atoms with E-state index >= 15 is 0 Å². The minimum absolute atomic E-state index is 0.145. The standard InChI is InChI=1S/C10H18N6O/c11-8-13-9(12-4-3-7-17)15-10(14-8)16-5-1-2-6-16/h17H,1-7H2,(H3,11,12,13,14,15). The number of nitrogens with two attached hydrogens (primary N) is 1. The first-order valence-corrected chi connectivity index (χ1v) is 5.91. The molecular weight excluding hydrogens is 220 g/mol. The van der Waals surface area contributed by atoms with Gasteiger partial charge in [0.15, 0.2) is 0 Å². The molecule has 0 atom stereocenters. The van der Waals surface area contributed by atoms with Crippen molar-refractivity contribution in [2.75, 3.05) is 42.2 Å². The number of hydrogen-bond donors (Lipinski definition) is 3. The van der Waals surface area contributed by atoms with Gasteiger partial charge in [-0.1, -0.05) is 0 Å². The van der Waals surface area contributed by atoms with Crippen molar-refractivity contribution >= 4 is 17.8 Å². The van der Waals surface area contributed by atoms with Crippen molar-refractivity contribution < 1.29 is 5.11 Å². The lowest BCUT2D eigenvalue weighted by Crippen LogP contribution is -2.22. The molecule has 2 rings (SSSR count). The number of aliphatic hydroxyl groups excluding tert-OH is 1. The zero-order chi connectivity index (χ0) is 12.1. The largest absolute Gasteiger partial charge is 0.396 e. The second-order valence-corrected chi connectivity index (χ2v) is 4.02. The maximum absolute atomic E-state index is 8.70. The third-order valence-electron chi connectivity index (χ3n) is 2.65. The zero-order valence-electron chi connectivity index (χ0n) is 9.76. The molecule has 1 aromatic rings. The van der Waals surface area contributed by atoms with Crippen LogP contribution in [-0.2, 0) is 0 Å². The first-order valence-electron chi connectivity index (χ1n) is 5.91. The van der Waals surface area contributed by atoms with E-state index in [4.69, 9.17) is 10.8 Å². The Balaban J connectivity index is 2.05. The van der Waals surface area contributed by atoms with Gasteiger partial charge in [-0.05, 0) is 19.3 Å². The highest BCUT2D eigenvalue weighted by molar-refractivity contribution is 5.42. The maximum Gasteiger partial charge on any atom is 0.231 e. The first-order chi connectivity index (χ1) is 8.29. The van der Waals surface area contributed by atoms with Crippen molar-refractivity contribution in [3.63, 3.8) is 0 Å². The predicted octanol–water partition coefficient (Wildman–Crippen LogP) is -0.152. The summed E-state index contributed by atoms with van der Waals surface area (Å²) in [5, 5.41) is 11.7. The van der Waals surface area contributed by atoms with Gasteiger partial charge in [0.2, 0.25) is 17.8 Å². The Morgan fingerprint density at radius 1 is 1.24 bits per heavy atom. The Kier molecular flexibility index (Phi) is 3.92. The molecule has 0 radical (unpaired) electrons. The molecule has 1 aliphatic rings. The van der Waals surface area contributed by atoms with E-state index in [1.54, 1.807) is 0 Å². The SMILES string of the molecule is Nc1nc(NCCCO)nc(N2CCCC2)n1. The van der Waals surface area contributed by atoms with Gasteiger partial charge in [0.25, 0.3) is 0 Å². The van der Waals surface area contributed by atoms with E-state index in [9.17, 15) is 0 Å². The van der Waals surface area contributed by atoms with Gasteiger partial charge in [-0.15, -0.1) is 0 Å². The van der Waals surface area contributed by atoms with Gasteiger partial charge in [0.1, 0.15) is 0 Å². The molecule has 0 amide bonds. The fourth-order valence-corrected chi connectivity index (χ4v) is 1.80. The third-order valence-corrected chi connectivity index (χ3v) is 2.65. The molecule has 1 aliphatic heterocycles. The molecule has 7 nitrogen and oxygen atoms in total. The molecule has 2 heterocycles. The number of aromatic nitrogens is 3. The monoisotopic (exact) mass is 238 g/mol. The summed E-state index contributed by atoms with van der Waals surface area (Å²) in [6.07, 6.45) is 2.99. The average molecular weight is 238 g/mol. The Morgan fingerprint density at radius 2 is 2.00 bits per heavy atom. The molecule has 0 aliphatic carbocycles. The normalized spacial score (nSPS) is 15.2. The van der Waals surface area contributed by atoms with Crippen molar-refractivity contribution in [3.05, 3.63) is 0 Å². The van der Waals surface area contributed by atoms with E-state index in [1.807, 2.05) is 0 Å². The molecule has 17 heavy (non-hydrogen) atoms. The van der Waals surface area contributed by atoms with Crippen LogP contribution < -0.4 is 16.0 Å². The van der Waals surface area contributed by atoms with E-state index in [-0.39, 0.29) is 12.6 Å². The fraction of sp³-hybridized carbons (Fsp3) is 0.700. The smallest absolute Gasteiger partial charge is 0.231 e. The number of hydrogen-bond acceptors (Lipinski definition) is 7. The van der Waals surface area contributed by atoms with E-state index in [0.717, 1.165) is 13.1 Å². The second kappa shape index (κ2) is 5.62. The number of nitrogens with one attached hydrogen (secondary N) is 1. The number of nitrogen functional groups attached to an aromatic ring is 1. The molecular formula is C10H18N6O. The first kappa shape index (κ1) is 11.8. The predicted molar refractivity (Wildman–Crippen MR) is 65.9 cm³/mol. The zero-order valence-corrected chi connectivity index (χ0v) is 9.76. The Hall–Kier alpha value is -1.63. The molecule has 0 aromatic carbocycles. The van der Waals surface area contributed by atoms with Gasteiger partial charge in [0.05, 0.1) is 0 Å². The van der Waals surface area contributed by atoms with Crippen LogP contribution >= 0.6 is 0 Å². The quantitative estimate of drug-likeness (QED) is 0.613. The van der Waals surface area contributed by atoms with Gasteiger partial charge in [-0.2, -0.15) is 15.0 Å². The van der Waals surface area contributed by atoms with Gasteiger partial charge >= 0.3 is 0 Å². The second-order valence-electron chi connectivity index (χ2n) is 4.02. The van der Waals surface area contributed by atoms with Gasteiger partial charge in [0, 0.05) is 26.2 Å². The van der Waals surface area contributed by atoms with Crippen LogP contribution in [0.5, 0.6) is 0 Å². The van der Waals surface area contributed by atoms with E-state index in [1.165, 1.54) is 12.8 Å². The molecule has 1 aromatic heterocycles. The summed E-state index contributed by atoms with van der Waals surface area (Å²) in [5.74, 6) is 1.35. The Labute approximate surface area is 100 Å². The lowest BCUT2D eigenvalue weighted by Gasteiger charge is -2.15. The summed E-state index contributed by atoms with van der Waals surface area (Å²) in [4.78, 5) is 14.6. The van der Waals surface area contributed by atoms with Crippen LogP contribution in [0.1, 0.15) is 19.3 Å². The molecule has 1 saturated heterocycles. The lowest BCUT2D eigenvalue weighted by molar-refractivity contribution is 0.292. The molecule has 94 valence electrons. The highest BCUT2D eigenvalue weighted by Gasteiger charge is 2.16. The van der Waals surface area contributed by atoms with E-state index in [0.29, 0.717) is 24.9 Å². The van der Waals surface area contributed by atoms with Crippen molar-refractivity contribution in [3.8, 4) is 0 Å². The van der Waals surface area contributed by atoms with Gasteiger partial charge < -0.3 is 21.1 Å². The maximum atomic E-state index is 8.70. The minimum atomic E-state index is 0.145. The fourth-order valence-electron chi connectivity index (χ4n) is 1.80. The van der Waals surface area contributed by atoms with Crippen molar-refractivity contribution in [1.82, 2.24) is 15.0 Å². The lowest BCUT2D eigenvalue weighted by atomic mass is 10.4. The molecule has 0 saturated carbocycles. The number of rotatable bonds is 5. The van der Waals surface area contributed by atoms with Crippen LogP contribution in [0.25, 0.3) is 0 Å². The molecule has 0 unspecified atom stereocenters. The third kappa shape index (κ3) is 3.16. The number of aliphatic hydroxyl groups is 1. The van der Waals surface area contributed by atoms with Gasteiger partial charge in [-0.3, -0.25) is 0 Å². The van der Waals surface area contributed by atoms with Crippen LogP contribution in [0.2, 0.25) is 0 Å². The number of anilines is 3. The van der Waals surface area contributed by atoms with Crippen LogP contribution in [0.4, 0.5) is 17.8 Å². The van der Waals surface area contributed by atoms with Crippen LogP contribution in [0, 0.1) is 0 Å². The average Bonchev–Trinajstić information content (AvgIpc) is 2.82. The molecule has 0 spiro atoms. The molecule has 1 fully saturated rings. The molecule has 7 heteroatoms. The topological polar surface area (TPSA) is 100 Å². The van der Waals surface area contributed by atoms with Crippen LogP contribution in [-0.4, -0.2) is 46.3 Å². The molecule has 4 N–H and O–H groups in total. The Morgan fingerprint density at radius 3 is 2.71 bits per heavy atom. The molecule has 0 bridgehead atoms. The summed E-state index contributed by atoms with van der Waals surface area (Å²) in [5.41, 5.74) is 5.65. The summed E-state index contributed by atoms with van der Waals surface area (Å²) >= 11 is 0. The van der Waals surface area contributed by atoms with E-state index < -0.39 is 0 Å². The van der Waals surface area contributed by atoms with Crippen molar-refractivity contribution in [2.45, 2.75) is 19.3 Å². The van der Waals surface area contributed by atoms with Crippen molar-refractivity contribution in [2.24, 2.45) is 0 Å². The van der Waals surface area contributed by atoms with Crippen LogP contribution in [0.3, 0.4) is 0 Å². The highest BCUT2D eigenvalue weighted by Crippen LogP contribution is 2.17. The van der Waals surface area contributed by atoms with Crippen molar-refractivity contribution in [1.29, 1.82) is 0 Å². The van der Waals surface area contributed by atoms with Crippen LogP contribution in [0.15, 0.2) is 0 Å². The summed E-state index contributed by atoms with van der Waals surface area (Å²) in [6.45, 7) is 2.71. The van der Waals surface area contributed by atoms with E-state index in [2.05, 4.69) is 25.2 Å². The van der Waals surface area contributed by atoms with Gasteiger partial charge in [-0.25, -0.2) is 0 Å². The highest BCUT2D eigenvalue weighted by atomic mass is 16.3. The Bertz CT molecular complexity index is 366. The minimum Gasteiger partial charge on any atom is -0.396 e. The summed E-state index contributed by atoms with van der Waals surface area (Å²) in [6, 6.07) is 0.